The number of rotatable bonds is 2. The van der Waals surface area contributed by atoms with Crippen LogP contribution in [0.3, 0.4) is 0 Å². The van der Waals surface area contributed by atoms with Crippen LogP contribution in [-0.2, 0) is 16.8 Å². The van der Waals surface area contributed by atoms with Gasteiger partial charge in [0.25, 0.3) is 0 Å². The summed E-state index contributed by atoms with van der Waals surface area (Å²) in [6, 6.07) is 9.43. The molecule has 0 fully saturated rings. The molecule has 0 saturated carbocycles. The van der Waals surface area contributed by atoms with Gasteiger partial charge in [-0.2, -0.15) is 8.42 Å². The minimum absolute atomic E-state index is 0.101. The first-order chi connectivity index (χ1) is 7.57. The molecule has 0 spiro atoms. The number of nitrogens with one attached hydrogen (secondary N) is 1. The lowest BCUT2D eigenvalue weighted by molar-refractivity contribution is 0.596. The second-order valence-electron chi connectivity index (χ2n) is 3.20. The molecule has 1 aliphatic rings. The van der Waals surface area contributed by atoms with E-state index in [9.17, 15) is 8.42 Å². The van der Waals surface area contributed by atoms with Crippen LogP contribution in [0.4, 0.5) is 0 Å². The maximum Gasteiger partial charge on any atom is 0.345 e. The Morgan fingerprint density at radius 3 is 2.56 bits per heavy atom. The van der Waals surface area contributed by atoms with Crippen LogP contribution in [0.25, 0.3) is 0 Å². The minimum Gasteiger partial charge on any atom is -0.380 e. The van der Waals surface area contributed by atoms with Gasteiger partial charge in [-0.25, -0.2) is 4.72 Å². The van der Waals surface area contributed by atoms with E-state index in [4.69, 9.17) is 5.73 Å². The highest BCUT2D eigenvalue weighted by molar-refractivity contribution is 7.89. The van der Waals surface area contributed by atoms with Crippen LogP contribution in [0, 0.1) is 0 Å². The lowest BCUT2D eigenvalue weighted by Crippen LogP contribution is -2.30. The van der Waals surface area contributed by atoms with Crippen LogP contribution in [0.2, 0.25) is 0 Å². The normalized spacial score (nSPS) is 20.5. The zero-order valence-corrected chi connectivity index (χ0v) is 9.11. The number of hydrogen-bond donors (Lipinski definition) is 2. The van der Waals surface area contributed by atoms with E-state index in [0.717, 1.165) is 5.56 Å². The molecule has 0 bridgehead atoms. The first-order valence-electron chi connectivity index (χ1n) is 4.54. The molecule has 6 nitrogen and oxygen atoms in total. The van der Waals surface area contributed by atoms with Crippen LogP contribution in [-0.4, -0.2) is 20.1 Å². The van der Waals surface area contributed by atoms with Gasteiger partial charge in [0.1, 0.15) is 0 Å². The summed E-state index contributed by atoms with van der Waals surface area (Å²) >= 11 is 0. The molecule has 1 aliphatic heterocycles. The highest BCUT2D eigenvalue weighted by Crippen LogP contribution is 2.03. The number of nitrogens with two attached hydrogens (primary N) is 1. The van der Waals surface area contributed by atoms with Crippen LogP contribution in [0.15, 0.2) is 39.7 Å². The minimum atomic E-state index is -3.67. The summed E-state index contributed by atoms with van der Waals surface area (Å²) in [5.74, 6) is -0.000200. The van der Waals surface area contributed by atoms with Crippen molar-refractivity contribution < 1.29 is 8.42 Å². The van der Waals surface area contributed by atoms with E-state index in [1.807, 2.05) is 30.3 Å². The van der Waals surface area contributed by atoms with E-state index in [1.165, 1.54) is 0 Å². The highest BCUT2D eigenvalue weighted by Gasteiger charge is 2.23. The van der Waals surface area contributed by atoms with Crippen LogP contribution in [0.1, 0.15) is 5.56 Å². The molecule has 84 valence electrons. The van der Waals surface area contributed by atoms with Gasteiger partial charge in [-0.1, -0.05) is 30.3 Å². The molecule has 16 heavy (non-hydrogen) atoms. The van der Waals surface area contributed by atoms with Crippen molar-refractivity contribution in [2.24, 2.45) is 15.1 Å². The van der Waals surface area contributed by atoms with E-state index in [2.05, 4.69) is 14.1 Å². The standard InChI is InChI=1S/C9H10N4O2S/c10-8-9(13-16(14,15)12-8)11-6-7-4-2-1-3-5-7/h1-5H,6H2,(H2,10,12)(H,11,13). The van der Waals surface area contributed by atoms with E-state index >= 15 is 0 Å². The lowest BCUT2D eigenvalue weighted by Gasteiger charge is -1.98. The van der Waals surface area contributed by atoms with Crippen molar-refractivity contribution >= 4 is 21.9 Å². The third-order valence-electron chi connectivity index (χ3n) is 1.95. The predicted molar refractivity (Wildman–Crippen MR) is 61.3 cm³/mol. The Morgan fingerprint density at radius 2 is 2.00 bits per heavy atom. The van der Waals surface area contributed by atoms with Crippen LogP contribution in [0.5, 0.6) is 0 Å². The smallest absolute Gasteiger partial charge is 0.345 e. The molecule has 2 rings (SSSR count). The molecule has 7 heteroatoms. The average molecular weight is 238 g/mol. The Kier molecular flexibility index (Phi) is 2.61. The topological polar surface area (TPSA) is 96.9 Å². The molecule has 3 N–H and O–H groups in total. The molecule has 0 atom stereocenters. The molecule has 0 radical (unpaired) electrons. The van der Waals surface area contributed by atoms with Crippen LogP contribution >= 0.6 is 0 Å². The first-order valence-corrected chi connectivity index (χ1v) is 5.98. The number of amidine groups is 2. The third kappa shape index (κ3) is 2.37. The van der Waals surface area contributed by atoms with Gasteiger partial charge < -0.3 is 5.73 Å². The quantitative estimate of drug-likeness (QED) is 0.746. The molecule has 0 amide bonds. The Labute approximate surface area is 93.1 Å². The Bertz CT molecular complexity index is 548. The van der Waals surface area contributed by atoms with Gasteiger partial charge in [0, 0.05) is 0 Å². The predicted octanol–water partition coefficient (Wildman–Crippen LogP) is -0.210. The molecule has 1 aromatic carbocycles. The molecular formula is C9H10N4O2S. The van der Waals surface area contributed by atoms with E-state index in [0.29, 0.717) is 6.54 Å². The summed E-state index contributed by atoms with van der Waals surface area (Å²) in [6.45, 7) is 0.356. The van der Waals surface area contributed by atoms with Crippen molar-refractivity contribution in [3.8, 4) is 0 Å². The van der Waals surface area contributed by atoms with Crippen molar-refractivity contribution in [1.82, 2.24) is 4.72 Å². The van der Waals surface area contributed by atoms with Crippen molar-refractivity contribution in [3.63, 3.8) is 0 Å². The summed E-state index contributed by atoms with van der Waals surface area (Å²) < 4.78 is 27.4. The largest absolute Gasteiger partial charge is 0.380 e. The first kappa shape index (κ1) is 10.6. The number of benzene rings is 1. The van der Waals surface area contributed by atoms with E-state index in [-0.39, 0.29) is 11.7 Å². The van der Waals surface area contributed by atoms with Crippen LogP contribution < -0.4 is 10.5 Å². The van der Waals surface area contributed by atoms with Crippen molar-refractivity contribution in [3.05, 3.63) is 35.9 Å². The lowest BCUT2D eigenvalue weighted by atomic mass is 10.2. The van der Waals surface area contributed by atoms with E-state index in [1.54, 1.807) is 0 Å². The summed E-state index contributed by atoms with van der Waals surface area (Å²) in [5, 5.41) is 0. The van der Waals surface area contributed by atoms with Gasteiger partial charge in [0.05, 0.1) is 6.54 Å². The van der Waals surface area contributed by atoms with Gasteiger partial charge in [0.15, 0.2) is 11.7 Å². The zero-order valence-electron chi connectivity index (χ0n) is 8.29. The zero-order chi connectivity index (χ0) is 11.6. The van der Waals surface area contributed by atoms with Gasteiger partial charge in [-0.15, -0.1) is 4.40 Å². The maximum absolute atomic E-state index is 11.0. The molecule has 0 aliphatic carbocycles. The van der Waals surface area contributed by atoms with Gasteiger partial charge in [0.2, 0.25) is 0 Å². The van der Waals surface area contributed by atoms with Crippen molar-refractivity contribution in [2.45, 2.75) is 6.54 Å². The SMILES string of the molecule is NC1=NS(=O)(=O)NC1=NCc1ccccc1. The molecule has 1 heterocycles. The van der Waals surface area contributed by atoms with Gasteiger partial charge in [-0.05, 0) is 5.56 Å². The van der Waals surface area contributed by atoms with Crippen molar-refractivity contribution in [1.29, 1.82) is 0 Å². The monoisotopic (exact) mass is 238 g/mol. The van der Waals surface area contributed by atoms with E-state index < -0.39 is 10.2 Å². The highest BCUT2D eigenvalue weighted by atomic mass is 32.2. The Hall–Kier alpha value is -1.89. The summed E-state index contributed by atoms with van der Waals surface area (Å²) in [5.41, 5.74) is 6.36. The molecule has 0 saturated heterocycles. The summed E-state index contributed by atoms with van der Waals surface area (Å²) in [4.78, 5) is 4.04. The molecule has 0 unspecified atom stereocenters. The maximum atomic E-state index is 11.0. The van der Waals surface area contributed by atoms with Gasteiger partial charge >= 0.3 is 10.2 Å². The second-order valence-corrected chi connectivity index (χ2v) is 4.54. The fourth-order valence-corrected chi connectivity index (χ4v) is 2.04. The summed E-state index contributed by atoms with van der Waals surface area (Å²) in [7, 11) is -3.67. The second kappa shape index (κ2) is 3.93. The Morgan fingerprint density at radius 1 is 1.31 bits per heavy atom. The molecule has 0 aromatic heterocycles. The van der Waals surface area contributed by atoms with Gasteiger partial charge in [-0.3, -0.25) is 4.99 Å². The summed E-state index contributed by atoms with van der Waals surface area (Å²) in [6.07, 6.45) is 0. The number of nitrogens with zero attached hydrogens (tertiary/aromatic N) is 2. The fourth-order valence-electron chi connectivity index (χ4n) is 1.24. The average Bonchev–Trinajstić information content (AvgIpc) is 2.50. The Balaban J connectivity index is 2.14. The fraction of sp³-hybridized carbons (Fsp3) is 0.111. The molecular weight excluding hydrogens is 228 g/mol. The molecule has 1 aromatic rings. The number of aliphatic imine (C=N–C) groups is 1. The number of hydrogen-bond acceptors (Lipinski definition) is 4. The third-order valence-corrected chi connectivity index (χ3v) is 2.84. The van der Waals surface area contributed by atoms with Crippen molar-refractivity contribution in [2.75, 3.05) is 0 Å².